The van der Waals surface area contributed by atoms with Gasteiger partial charge in [0.1, 0.15) is 0 Å². The second kappa shape index (κ2) is 2.86. The van der Waals surface area contributed by atoms with E-state index in [4.69, 9.17) is 11.6 Å². The van der Waals surface area contributed by atoms with Crippen LogP contribution >= 0.6 is 11.6 Å². The van der Waals surface area contributed by atoms with Gasteiger partial charge in [0.05, 0.1) is 10.9 Å². The lowest BCUT2D eigenvalue weighted by molar-refractivity contribution is -0.116. The molecule has 1 aliphatic rings. The molecule has 0 amide bonds. The molecular weight excluding hydrogens is 162 g/mol. The van der Waals surface area contributed by atoms with Gasteiger partial charge in [-0.2, -0.15) is 0 Å². The van der Waals surface area contributed by atoms with E-state index in [9.17, 15) is 4.79 Å². The molecule has 62 valence electrons. The maximum Gasteiger partial charge on any atom is 0.159 e. The molecule has 0 saturated carbocycles. The zero-order valence-corrected chi connectivity index (χ0v) is 7.48. The van der Waals surface area contributed by atoms with Gasteiger partial charge in [-0.1, -0.05) is 0 Å². The van der Waals surface area contributed by atoms with E-state index in [0.29, 0.717) is 6.42 Å². The molecule has 0 aromatic rings. The Morgan fingerprint density at radius 2 is 2.45 bits per heavy atom. The van der Waals surface area contributed by atoms with E-state index >= 15 is 0 Å². The van der Waals surface area contributed by atoms with Crippen LogP contribution in [0.5, 0.6) is 0 Å². The number of halogens is 1. The van der Waals surface area contributed by atoms with Crippen molar-refractivity contribution in [2.24, 2.45) is 0 Å². The van der Waals surface area contributed by atoms with Crippen molar-refractivity contribution in [2.75, 3.05) is 0 Å². The summed E-state index contributed by atoms with van der Waals surface area (Å²) < 4.78 is 0. The van der Waals surface area contributed by atoms with Gasteiger partial charge in [0.2, 0.25) is 0 Å². The second-order valence-corrected chi connectivity index (χ2v) is 3.81. The van der Waals surface area contributed by atoms with E-state index in [-0.39, 0.29) is 16.7 Å². The minimum atomic E-state index is -0.270. The first-order chi connectivity index (χ1) is 5.04. The lowest BCUT2D eigenvalue weighted by Crippen LogP contribution is -2.49. The molecule has 1 aliphatic heterocycles. The van der Waals surface area contributed by atoms with Crippen molar-refractivity contribution in [3.05, 3.63) is 12.3 Å². The Morgan fingerprint density at radius 3 is 2.82 bits per heavy atom. The summed E-state index contributed by atoms with van der Waals surface area (Å²) in [6.07, 6.45) is 3.69. The number of carbonyl (C=O) groups excluding carboxylic acids is 1. The Bertz CT molecular complexity index is 200. The number of nitrogens with one attached hydrogen (secondary N) is 1. The maximum absolute atomic E-state index is 11.0. The summed E-state index contributed by atoms with van der Waals surface area (Å²) in [6, 6.07) is 0. The molecule has 0 aromatic carbocycles. The Hall–Kier alpha value is -0.500. The molecule has 2 atom stereocenters. The Balaban J connectivity index is 2.75. The van der Waals surface area contributed by atoms with E-state index < -0.39 is 0 Å². The molecule has 0 spiro atoms. The highest BCUT2D eigenvalue weighted by Crippen LogP contribution is 2.22. The van der Waals surface area contributed by atoms with E-state index in [1.807, 2.05) is 13.8 Å². The van der Waals surface area contributed by atoms with Gasteiger partial charge in [-0.15, -0.1) is 11.6 Å². The lowest BCUT2D eigenvalue weighted by atomic mass is 9.90. The van der Waals surface area contributed by atoms with E-state index in [2.05, 4.69) is 5.32 Å². The van der Waals surface area contributed by atoms with Crippen LogP contribution in [0.4, 0.5) is 0 Å². The highest BCUT2D eigenvalue weighted by atomic mass is 35.5. The van der Waals surface area contributed by atoms with Crippen LogP contribution in [-0.2, 0) is 4.79 Å². The van der Waals surface area contributed by atoms with Crippen LogP contribution in [0.3, 0.4) is 0 Å². The van der Waals surface area contributed by atoms with Crippen LogP contribution in [0.25, 0.3) is 0 Å². The summed E-state index contributed by atoms with van der Waals surface area (Å²) in [4.78, 5) is 11.0. The summed E-state index contributed by atoms with van der Waals surface area (Å²) in [5, 5.41) is 3.05. The fraction of sp³-hybridized carbons (Fsp3) is 0.625. The number of ketones is 1. The van der Waals surface area contributed by atoms with Crippen molar-refractivity contribution >= 4 is 17.4 Å². The SMILES string of the molecule is C[C@H](Cl)C1(C)CC(=O)C=CN1. The van der Waals surface area contributed by atoms with Crippen molar-refractivity contribution in [2.45, 2.75) is 31.2 Å². The third kappa shape index (κ3) is 1.74. The Kier molecular flexibility index (Phi) is 2.23. The van der Waals surface area contributed by atoms with Crippen LogP contribution in [0.15, 0.2) is 12.3 Å². The predicted molar refractivity (Wildman–Crippen MR) is 45.6 cm³/mol. The van der Waals surface area contributed by atoms with Crippen molar-refractivity contribution < 1.29 is 4.79 Å². The lowest BCUT2D eigenvalue weighted by Gasteiger charge is -2.34. The molecule has 0 radical (unpaired) electrons. The first-order valence-corrected chi connectivity index (χ1v) is 4.09. The molecule has 1 N–H and O–H groups in total. The van der Waals surface area contributed by atoms with Crippen molar-refractivity contribution in [1.82, 2.24) is 5.32 Å². The number of rotatable bonds is 1. The fourth-order valence-electron chi connectivity index (χ4n) is 1.05. The van der Waals surface area contributed by atoms with Gasteiger partial charge in [0, 0.05) is 12.6 Å². The number of hydrogen-bond donors (Lipinski definition) is 1. The fourth-order valence-corrected chi connectivity index (χ4v) is 1.19. The zero-order chi connectivity index (χ0) is 8.48. The molecule has 1 heterocycles. The predicted octanol–water partition coefficient (Wildman–Crippen LogP) is 1.45. The summed E-state index contributed by atoms with van der Waals surface area (Å²) in [7, 11) is 0. The smallest absolute Gasteiger partial charge is 0.159 e. The third-order valence-corrected chi connectivity index (χ3v) is 2.58. The van der Waals surface area contributed by atoms with Crippen LogP contribution in [0, 0.1) is 0 Å². The summed E-state index contributed by atoms with van der Waals surface area (Å²) >= 11 is 5.91. The Morgan fingerprint density at radius 1 is 1.82 bits per heavy atom. The average molecular weight is 174 g/mol. The van der Waals surface area contributed by atoms with Crippen molar-refractivity contribution in [3.8, 4) is 0 Å². The molecule has 0 fully saturated rings. The quantitative estimate of drug-likeness (QED) is 0.609. The molecule has 1 rings (SSSR count). The molecule has 3 heteroatoms. The van der Waals surface area contributed by atoms with Crippen molar-refractivity contribution in [1.29, 1.82) is 0 Å². The molecule has 0 bridgehead atoms. The van der Waals surface area contributed by atoms with Crippen LogP contribution in [0.2, 0.25) is 0 Å². The van der Waals surface area contributed by atoms with Gasteiger partial charge >= 0.3 is 0 Å². The summed E-state index contributed by atoms with van der Waals surface area (Å²) in [6.45, 7) is 3.84. The molecule has 11 heavy (non-hydrogen) atoms. The average Bonchev–Trinajstić information content (AvgIpc) is 1.86. The summed E-state index contributed by atoms with van der Waals surface area (Å²) in [5.41, 5.74) is -0.270. The third-order valence-electron chi connectivity index (χ3n) is 2.10. The van der Waals surface area contributed by atoms with Gasteiger partial charge in [-0.3, -0.25) is 4.79 Å². The molecular formula is C8H12ClNO. The van der Waals surface area contributed by atoms with Gasteiger partial charge < -0.3 is 5.32 Å². The van der Waals surface area contributed by atoms with Gasteiger partial charge in [0.15, 0.2) is 5.78 Å². The topological polar surface area (TPSA) is 29.1 Å². The van der Waals surface area contributed by atoms with Crippen LogP contribution in [-0.4, -0.2) is 16.7 Å². The van der Waals surface area contributed by atoms with Crippen LogP contribution < -0.4 is 5.32 Å². The van der Waals surface area contributed by atoms with E-state index in [1.54, 1.807) is 12.3 Å². The zero-order valence-electron chi connectivity index (χ0n) is 6.73. The van der Waals surface area contributed by atoms with E-state index in [0.717, 1.165) is 0 Å². The minimum absolute atomic E-state index is 0.0450. The standard InChI is InChI=1S/C8H12ClNO/c1-6(9)8(2)5-7(11)3-4-10-8/h3-4,6,10H,5H2,1-2H3/t6-,8?/m0/s1. The summed E-state index contributed by atoms with van der Waals surface area (Å²) in [5.74, 6) is 0.138. The van der Waals surface area contributed by atoms with Gasteiger partial charge in [0.25, 0.3) is 0 Å². The molecule has 2 nitrogen and oxygen atoms in total. The Labute approximate surface area is 71.6 Å². The number of carbonyl (C=O) groups is 1. The monoisotopic (exact) mass is 173 g/mol. The highest BCUT2D eigenvalue weighted by molar-refractivity contribution is 6.21. The molecule has 0 aliphatic carbocycles. The normalized spacial score (nSPS) is 33.2. The molecule has 0 saturated heterocycles. The van der Waals surface area contributed by atoms with Gasteiger partial charge in [-0.05, 0) is 19.9 Å². The number of allylic oxidation sites excluding steroid dienone is 1. The van der Waals surface area contributed by atoms with Crippen LogP contribution in [0.1, 0.15) is 20.3 Å². The van der Waals surface area contributed by atoms with E-state index in [1.165, 1.54) is 0 Å². The van der Waals surface area contributed by atoms with Crippen molar-refractivity contribution in [3.63, 3.8) is 0 Å². The largest absolute Gasteiger partial charge is 0.384 e. The number of alkyl halides is 1. The first kappa shape index (κ1) is 8.60. The number of hydrogen-bond acceptors (Lipinski definition) is 2. The second-order valence-electron chi connectivity index (χ2n) is 3.15. The maximum atomic E-state index is 11.0. The van der Waals surface area contributed by atoms with Gasteiger partial charge in [-0.25, -0.2) is 0 Å². The molecule has 1 unspecified atom stereocenters. The first-order valence-electron chi connectivity index (χ1n) is 3.66. The molecule has 0 aromatic heterocycles. The highest BCUT2D eigenvalue weighted by Gasteiger charge is 2.32. The minimum Gasteiger partial charge on any atom is -0.384 e.